The van der Waals surface area contributed by atoms with E-state index in [0.29, 0.717) is 48.1 Å². The Morgan fingerprint density at radius 1 is 1.13 bits per heavy atom. The van der Waals surface area contributed by atoms with Crippen LogP contribution in [0.1, 0.15) is 18.9 Å². The van der Waals surface area contributed by atoms with Gasteiger partial charge in [-0.05, 0) is 18.6 Å². The van der Waals surface area contributed by atoms with Gasteiger partial charge in [0.2, 0.25) is 5.95 Å². The zero-order valence-electron chi connectivity index (χ0n) is 17.3. The predicted molar refractivity (Wildman–Crippen MR) is 117 cm³/mol. The second kappa shape index (κ2) is 10.8. The van der Waals surface area contributed by atoms with Gasteiger partial charge in [-0.2, -0.15) is 5.26 Å². The average molecular weight is 422 g/mol. The molecule has 0 spiro atoms. The molecule has 0 amide bonds. The number of anilines is 4. The third-order valence-electron chi connectivity index (χ3n) is 4.20. The first-order valence-corrected chi connectivity index (χ1v) is 9.77. The summed E-state index contributed by atoms with van der Waals surface area (Å²) in [6.07, 6.45) is 5.09. The lowest BCUT2D eigenvalue weighted by Gasteiger charge is -2.11. The number of halogens is 1. The van der Waals surface area contributed by atoms with E-state index in [0.717, 1.165) is 12.6 Å². The van der Waals surface area contributed by atoms with Gasteiger partial charge in [0, 0.05) is 49.9 Å². The minimum absolute atomic E-state index is 0.0519. The van der Waals surface area contributed by atoms with Crippen molar-refractivity contribution in [2.24, 2.45) is 0 Å². The van der Waals surface area contributed by atoms with E-state index in [4.69, 9.17) is 4.74 Å². The van der Waals surface area contributed by atoms with Crippen LogP contribution in [0.3, 0.4) is 0 Å². The summed E-state index contributed by atoms with van der Waals surface area (Å²) in [4.78, 5) is 16.8. The summed E-state index contributed by atoms with van der Waals surface area (Å²) in [6.45, 7) is 3.86. The van der Waals surface area contributed by atoms with Crippen LogP contribution in [0.25, 0.3) is 11.3 Å². The van der Waals surface area contributed by atoms with Crippen LogP contribution in [0.5, 0.6) is 0 Å². The zero-order valence-corrected chi connectivity index (χ0v) is 17.3. The summed E-state index contributed by atoms with van der Waals surface area (Å²) < 4.78 is 19.5. The van der Waals surface area contributed by atoms with Crippen LogP contribution in [0.15, 0.2) is 36.8 Å². The van der Waals surface area contributed by atoms with E-state index < -0.39 is 5.82 Å². The van der Waals surface area contributed by atoms with Gasteiger partial charge in [0.05, 0.1) is 18.4 Å². The second-order valence-electron chi connectivity index (χ2n) is 6.52. The lowest BCUT2D eigenvalue weighted by Crippen LogP contribution is -2.09. The molecule has 0 bridgehead atoms. The highest BCUT2D eigenvalue weighted by Gasteiger charge is 2.13. The zero-order chi connectivity index (χ0) is 22.1. The highest BCUT2D eigenvalue weighted by molar-refractivity contribution is 5.67. The van der Waals surface area contributed by atoms with Gasteiger partial charge < -0.3 is 20.7 Å². The molecule has 9 nitrogen and oxygen atoms in total. The van der Waals surface area contributed by atoms with Crippen molar-refractivity contribution in [3.05, 3.63) is 48.2 Å². The van der Waals surface area contributed by atoms with Crippen LogP contribution in [-0.2, 0) is 4.74 Å². The monoisotopic (exact) mass is 422 g/mol. The number of hydrogen-bond donors (Lipinski definition) is 3. The maximum atomic E-state index is 14.5. The van der Waals surface area contributed by atoms with Crippen molar-refractivity contribution >= 4 is 23.3 Å². The van der Waals surface area contributed by atoms with Crippen LogP contribution < -0.4 is 16.0 Å². The third kappa shape index (κ3) is 5.83. The molecule has 0 aliphatic carbocycles. The standard InChI is InChI=1S/C21H23FN8O/c1-3-5-26-20-14(11-23)9-15(12-27-20)19-17(22)13-28-21(30-19)29-16-4-6-24-18(10-16)25-7-8-31-2/h4,6,9-10,12-13H,3,5,7-8H2,1-2H3,(H,26,27)(H2,24,25,28,29,30). The van der Waals surface area contributed by atoms with E-state index in [2.05, 4.69) is 42.0 Å². The second-order valence-corrected chi connectivity index (χ2v) is 6.52. The third-order valence-corrected chi connectivity index (χ3v) is 4.20. The van der Waals surface area contributed by atoms with E-state index in [1.54, 1.807) is 31.5 Å². The number of pyridine rings is 2. The van der Waals surface area contributed by atoms with Crippen LogP contribution in [-0.4, -0.2) is 46.7 Å². The van der Waals surface area contributed by atoms with Crippen LogP contribution in [0.2, 0.25) is 0 Å². The number of aromatic nitrogens is 4. The van der Waals surface area contributed by atoms with Gasteiger partial charge >= 0.3 is 0 Å². The molecular formula is C21H23FN8O. The summed E-state index contributed by atoms with van der Waals surface area (Å²) in [5.74, 6) is 0.716. The molecule has 0 aromatic carbocycles. The van der Waals surface area contributed by atoms with Crippen molar-refractivity contribution in [1.82, 2.24) is 19.9 Å². The van der Waals surface area contributed by atoms with Crippen molar-refractivity contribution in [3.8, 4) is 17.3 Å². The maximum absolute atomic E-state index is 14.5. The fourth-order valence-electron chi connectivity index (χ4n) is 2.71. The molecule has 0 unspecified atom stereocenters. The number of nitrogens with zero attached hydrogens (tertiary/aromatic N) is 5. The van der Waals surface area contributed by atoms with Gasteiger partial charge in [-0.3, -0.25) is 0 Å². The van der Waals surface area contributed by atoms with E-state index in [-0.39, 0.29) is 11.6 Å². The fourth-order valence-corrected chi connectivity index (χ4v) is 2.71. The molecule has 3 aromatic rings. The molecule has 31 heavy (non-hydrogen) atoms. The number of hydrogen-bond acceptors (Lipinski definition) is 9. The van der Waals surface area contributed by atoms with Gasteiger partial charge in [0.25, 0.3) is 0 Å². The number of ether oxygens (including phenoxy) is 1. The van der Waals surface area contributed by atoms with E-state index in [1.165, 1.54) is 6.20 Å². The van der Waals surface area contributed by atoms with Gasteiger partial charge in [-0.25, -0.2) is 24.3 Å². The lowest BCUT2D eigenvalue weighted by molar-refractivity contribution is 0.210. The normalized spacial score (nSPS) is 10.4. The van der Waals surface area contributed by atoms with Gasteiger partial charge in [-0.1, -0.05) is 6.92 Å². The highest BCUT2D eigenvalue weighted by Crippen LogP contribution is 2.25. The first-order chi connectivity index (χ1) is 15.1. The minimum Gasteiger partial charge on any atom is -0.383 e. The van der Waals surface area contributed by atoms with E-state index in [9.17, 15) is 9.65 Å². The number of rotatable bonds is 10. The van der Waals surface area contributed by atoms with Crippen molar-refractivity contribution < 1.29 is 9.13 Å². The minimum atomic E-state index is -0.609. The molecular weight excluding hydrogens is 399 g/mol. The Labute approximate surface area is 179 Å². The molecule has 0 radical (unpaired) electrons. The quantitative estimate of drug-likeness (QED) is 0.421. The van der Waals surface area contributed by atoms with Gasteiger partial charge in [0.15, 0.2) is 5.82 Å². The van der Waals surface area contributed by atoms with Crippen LogP contribution in [0, 0.1) is 17.1 Å². The summed E-state index contributed by atoms with van der Waals surface area (Å²) in [5.41, 5.74) is 1.44. The maximum Gasteiger partial charge on any atom is 0.227 e. The van der Waals surface area contributed by atoms with Crippen LogP contribution >= 0.6 is 0 Å². The highest BCUT2D eigenvalue weighted by atomic mass is 19.1. The topological polar surface area (TPSA) is 121 Å². The molecule has 3 aromatic heterocycles. The molecule has 3 heterocycles. The summed E-state index contributed by atoms with van der Waals surface area (Å²) in [5, 5.41) is 18.7. The van der Waals surface area contributed by atoms with Crippen molar-refractivity contribution in [3.63, 3.8) is 0 Å². The van der Waals surface area contributed by atoms with Gasteiger partial charge in [-0.15, -0.1) is 0 Å². The number of nitriles is 1. The molecule has 0 saturated heterocycles. The Bertz CT molecular complexity index is 1070. The first kappa shape index (κ1) is 21.9. The van der Waals surface area contributed by atoms with E-state index >= 15 is 0 Å². The summed E-state index contributed by atoms with van der Waals surface area (Å²) >= 11 is 0. The SMILES string of the molecule is CCCNc1ncc(-c2nc(Nc3ccnc(NCCOC)c3)ncc2F)cc1C#N. The Morgan fingerprint density at radius 2 is 2.00 bits per heavy atom. The van der Waals surface area contributed by atoms with Gasteiger partial charge in [0.1, 0.15) is 23.4 Å². The van der Waals surface area contributed by atoms with Crippen molar-refractivity contribution in [1.29, 1.82) is 5.26 Å². The van der Waals surface area contributed by atoms with E-state index in [1.807, 2.05) is 6.92 Å². The molecule has 10 heteroatoms. The predicted octanol–water partition coefficient (Wildman–Crippen LogP) is 3.57. The van der Waals surface area contributed by atoms with Crippen molar-refractivity contribution in [2.45, 2.75) is 13.3 Å². The first-order valence-electron chi connectivity index (χ1n) is 9.77. The molecule has 0 aliphatic rings. The molecule has 3 N–H and O–H groups in total. The Morgan fingerprint density at radius 3 is 2.77 bits per heavy atom. The summed E-state index contributed by atoms with van der Waals surface area (Å²) in [6, 6.07) is 7.18. The number of nitrogens with one attached hydrogen (secondary N) is 3. The Balaban J connectivity index is 1.83. The smallest absolute Gasteiger partial charge is 0.227 e. The van der Waals surface area contributed by atoms with Crippen LogP contribution in [0.4, 0.5) is 27.7 Å². The molecule has 0 saturated carbocycles. The molecule has 160 valence electrons. The Kier molecular flexibility index (Phi) is 7.61. The largest absolute Gasteiger partial charge is 0.383 e. The molecule has 0 aliphatic heterocycles. The average Bonchev–Trinajstić information content (AvgIpc) is 2.79. The number of methoxy groups -OCH3 is 1. The molecule has 0 atom stereocenters. The Hall–Kier alpha value is -3.84. The lowest BCUT2D eigenvalue weighted by atomic mass is 10.1. The molecule has 3 rings (SSSR count). The fraction of sp³-hybridized carbons (Fsp3) is 0.286. The van der Waals surface area contributed by atoms with Crippen molar-refractivity contribution in [2.75, 3.05) is 42.8 Å². The molecule has 0 fully saturated rings. The summed E-state index contributed by atoms with van der Waals surface area (Å²) in [7, 11) is 1.63.